The third-order valence-electron chi connectivity index (χ3n) is 22.3. The highest BCUT2D eigenvalue weighted by Gasteiger charge is 2.71. The molecule has 8 fully saturated rings. The summed E-state index contributed by atoms with van der Waals surface area (Å²) in [6.45, 7) is 27.1. The number of ketones is 4. The van der Waals surface area contributed by atoms with Gasteiger partial charge in [0, 0.05) is 24.2 Å². The molecule has 6 unspecified atom stereocenters. The third-order valence-corrected chi connectivity index (χ3v) is 22.3. The number of carbonyl (C=O) groups is 14. The fourth-order valence-electron chi connectivity index (χ4n) is 15.6. The van der Waals surface area contributed by atoms with Crippen molar-refractivity contribution in [1.82, 2.24) is 30.8 Å². The zero-order valence-electron chi connectivity index (χ0n) is 60.8. The Hall–Kier alpha value is -8.39. The van der Waals surface area contributed by atoms with Crippen molar-refractivity contribution in [2.75, 3.05) is 13.1 Å². The van der Waals surface area contributed by atoms with Crippen molar-refractivity contribution in [1.29, 1.82) is 0 Å². The lowest BCUT2D eigenvalue weighted by atomic mass is 9.85. The van der Waals surface area contributed by atoms with E-state index >= 15 is 0 Å². The zero-order chi connectivity index (χ0) is 74.6. The molecule has 2 aromatic carbocycles. The predicted molar refractivity (Wildman–Crippen MR) is 386 cm³/mol. The minimum atomic E-state index is -1.23. The van der Waals surface area contributed by atoms with Crippen LogP contribution < -0.4 is 33.2 Å². The smallest absolute Gasteiger partial charge is 0.438 e. The van der Waals surface area contributed by atoms with Crippen LogP contribution in [0.1, 0.15) is 177 Å². The SMILES string of the molecule is C.C.CC(C)(C)[C@H](N)C(=O)N1C[C@H]2[C@@H]([C@H]1C(=O)NC(CC1CC1)C(=O)C(N)=O)C2(C)C.CC(C)[C@H](OC(=O)N[C@H](C(=O)N1C[C@H]2[C@@H]([C@H]1C(=O)NC(CC1CC1)C(=O)C(N)=O)C2(C)C)C(C)(C)C)C(=O)c1ccccc1.CC(C)[C@H](OC(=O)ON1C(=O)C2C3C=CC(C3)C2C1=O)C(=O)c1ccccc1.Cl. The summed E-state index contributed by atoms with van der Waals surface area (Å²) in [5.74, 6) is -8.01. The van der Waals surface area contributed by atoms with Gasteiger partial charge in [0.05, 0.1) is 30.0 Å². The summed E-state index contributed by atoms with van der Waals surface area (Å²) < 4.78 is 10.8. The molecular weight excluding hydrogens is 1360 g/mol. The minimum Gasteiger partial charge on any atom is -0.438 e. The third kappa shape index (κ3) is 18.1. The highest BCUT2D eigenvalue weighted by atomic mass is 35.5. The summed E-state index contributed by atoms with van der Waals surface area (Å²) >= 11 is 0. The van der Waals surface area contributed by atoms with Crippen molar-refractivity contribution in [2.45, 2.75) is 205 Å². The molecule has 0 aromatic heterocycles. The fourth-order valence-corrected chi connectivity index (χ4v) is 15.6. The summed E-state index contributed by atoms with van der Waals surface area (Å²) in [4.78, 5) is 187. The fraction of sp³-hybridized carbons (Fsp3) is 0.636. The number of nitrogens with zero attached hydrogens (tertiary/aromatic N) is 3. The van der Waals surface area contributed by atoms with Gasteiger partial charge in [0.1, 0.15) is 18.1 Å². The van der Waals surface area contributed by atoms with Crippen LogP contribution in [0.25, 0.3) is 0 Å². The minimum absolute atomic E-state index is 0. The van der Waals surface area contributed by atoms with Crippen LogP contribution in [0.4, 0.5) is 9.59 Å². The van der Waals surface area contributed by atoms with Gasteiger partial charge >= 0.3 is 12.2 Å². The number of nitrogens with one attached hydrogen (secondary N) is 3. The Morgan fingerprint density at radius 2 is 0.933 bits per heavy atom. The molecule has 5 saturated carbocycles. The number of nitrogens with two attached hydrogens (primary N) is 3. The standard InChI is InChI=1S/C33H46N4O7.C21H34N4O4.C21H21NO6.2CH4.ClH/c1-17(2)26(24(38)19-11-9-8-10-12-19)44-31(43)36-27(32(3,4)5)30(42)37-16-20-22(33(20,6)7)23(37)29(41)35-21(15-18-13-14-18)25(39)28(34)40;1-20(2,3)16(22)19(29)25-9-11-13(21(11,4)5)14(25)18(28)24-12(8-10-6-7-10)15(26)17(23)27;1-11(2)18(17(23)12-6-4-3-5-7-12)27-21(26)28-22-19(24)15-13-8-9-14(10-13)16(15)20(22)25;;;/h8-12,17-18,20-23,26-27H,13-16H2,1-7H3,(H2,34,40)(H,35,41)(H,36,43);10-14,16H,6-9,22H2,1-5H3,(H2,23,27)(H,24,28);3-9,11,13-16,18H,10H2,1-2H3;2*1H4;1H/t20-,21?,22-,23-,26-,27+;11-,12?,13-,14-,16+;13?,14?,15?,16?,18-;;;/m000.../s1. The highest BCUT2D eigenvalue weighted by molar-refractivity contribution is 6.38. The number of imide groups is 1. The van der Waals surface area contributed by atoms with Crippen molar-refractivity contribution < 1.29 is 81.4 Å². The number of hydroxylamine groups is 2. The molecule has 9 amide bonds. The second-order valence-corrected chi connectivity index (χ2v) is 33.1. The number of piperidine rings is 2. The molecule has 2 bridgehead atoms. The van der Waals surface area contributed by atoms with Gasteiger partial charge in [-0.1, -0.05) is 215 Å². The van der Waals surface area contributed by atoms with Crippen LogP contribution >= 0.6 is 12.4 Å². The number of primary amides is 2. The lowest BCUT2D eigenvalue weighted by Gasteiger charge is -2.38. The van der Waals surface area contributed by atoms with Crippen LogP contribution in [-0.2, 0) is 62.3 Å². The lowest BCUT2D eigenvalue weighted by molar-refractivity contribution is -0.181. The summed E-state index contributed by atoms with van der Waals surface area (Å²) in [5, 5.41) is 8.70. The lowest BCUT2D eigenvalue weighted by Crippen LogP contribution is -2.60. The van der Waals surface area contributed by atoms with Crippen LogP contribution in [-0.4, -0.2) is 159 Å². The first-order valence-electron chi connectivity index (χ1n) is 35.3. The van der Waals surface area contributed by atoms with Gasteiger partial charge < -0.3 is 52.4 Å². The van der Waals surface area contributed by atoms with Crippen molar-refractivity contribution in [3.63, 3.8) is 0 Å². The predicted octanol–water partition coefficient (Wildman–Crippen LogP) is 7.50. The Kier molecular flexibility index (Phi) is 26.5. The summed E-state index contributed by atoms with van der Waals surface area (Å²) in [6.07, 6.45) is 4.89. The monoisotopic (exact) mass is 1470 g/mol. The maximum absolute atomic E-state index is 14.2. The van der Waals surface area contributed by atoms with E-state index in [9.17, 15) is 67.1 Å². The molecule has 0 radical (unpaired) electrons. The zero-order valence-corrected chi connectivity index (χ0v) is 61.6. The van der Waals surface area contributed by atoms with Gasteiger partial charge in [0.2, 0.25) is 46.8 Å². The molecule has 0 spiro atoms. The van der Waals surface area contributed by atoms with Gasteiger partial charge in [0.25, 0.3) is 23.6 Å². The van der Waals surface area contributed by atoms with Crippen LogP contribution in [0, 0.1) is 92.7 Å². The topological polar surface area (TPSA) is 391 Å². The van der Waals surface area contributed by atoms with Crippen molar-refractivity contribution >= 4 is 95.0 Å². The maximum atomic E-state index is 14.2. The molecule has 6 aliphatic carbocycles. The number of likely N-dealkylation sites (tertiary alicyclic amines) is 2. The Balaban J connectivity index is 0.000000250. The molecule has 104 heavy (non-hydrogen) atoms. The number of allylic oxidation sites excluding steroid dienone is 2. The van der Waals surface area contributed by atoms with Crippen LogP contribution in [0.5, 0.6) is 0 Å². The quantitative estimate of drug-likeness (QED) is 0.0195. The van der Waals surface area contributed by atoms with E-state index in [0.29, 0.717) is 48.0 Å². The number of carbonyl (C=O) groups excluding carboxylic acids is 14. The van der Waals surface area contributed by atoms with E-state index in [0.717, 1.165) is 32.1 Å². The van der Waals surface area contributed by atoms with E-state index in [2.05, 4.69) is 29.8 Å². The van der Waals surface area contributed by atoms with Crippen molar-refractivity contribution in [3.05, 3.63) is 83.9 Å². The van der Waals surface area contributed by atoms with Gasteiger partial charge in [-0.3, -0.25) is 62.4 Å². The normalized spacial score (nSPS) is 26.1. The second-order valence-electron chi connectivity index (χ2n) is 33.1. The number of fused-ring (bicyclic) bond motifs is 7. The molecule has 9 aliphatic rings. The molecule has 2 aromatic rings. The number of hydrogen-bond donors (Lipinski definition) is 6. The van der Waals surface area contributed by atoms with Gasteiger partial charge in [-0.15, -0.1) is 12.4 Å². The van der Waals surface area contributed by atoms with E-state index in [4.69, 9.17) is 31.5 Å². The number of benzene rings is 2. The molecule has 9 N–H and O–H groups in total. The van der Waals surface area contributed by atoms with E-state index in [1.54, 1.807) is 114 Å². The first kappa shape index (κ1) is 84.5. The van der Waals surface area contributed by atoms with Crippen LogP contribution in [0.3, 0.4) is 0 Å². The van der Waals surface area contributed by atoms with Gasteiger partial charge in [0.15, 0.2) is 12.2 Å². The second kappa shape index (κ2) is 32.5. The van der Waals surface area contributed by atoms with Crippen molar-refractivity contribution in [2.24, 2.45) is 110 Å². The number of amides is 9. The van der Waals surface area contributed by atoms with Crippen molar-refractivity contribution in [3.8, 4) is 0 Å². The first-order valence-corrected chi connectivity index (χ1v) is 35.3. The molecule has 3 saturated heterocycles. The molecule has 3 aliphatic heterocycles. The summed E-state index contributed by atoms with van der Waals surface area (Å²) in [6, 6.07) is 11.6. The van der Waals surface area contributed by atoms with E-state index in [-0.39, 0.29) is 109 Å². The average molecular weight is 1470 g/mol. The van der Waals surface area contributed by atoms with Crippen LogP contribution in [0.15, 0.2) is 72.8 Å². The molecule has 572 valence electrons. The van der Waals surface area contributed by atoms with E-state index in [1.807, 2.05) is 46.8 Å². The van der Waals surface area contributed by atoms with Gasteiger partial charge in [-0.25, -0.2) is 9.59 Å². The molecule has 11 rings (SSSR count). The summed E-state index contributed by atoms with van der Waals surface area (Å²) in [7, 11) is 0. The van der Waals surface area contributed by atoms with E-state index < -0.39 is 136 Å². The Morgan fingerprint density at radius 3 is 1.28 bits per heavy atom. The largest absolute Gasteiger partial charge is 0.534 e. The Bertz CT molecular complexity index is 3620. The molecule has 26 nitrogen and oxygen atoms in total. The van der Waals surface area contributed by atoms with Gasteiger partial charge in [-0.05, 0) is 100 Å². The summed E-state index contributed by atoms with van der Waals surface area (Å²) in [5.41, 5.74) is 16.0. The molecule has 3 heterocycles. The number of rotatable bonds is 24. The molecular formula is C77H110ClN9O17. The highest BCUT2D eigenvalue weighted by Crippen LogP contribution is 2.66. The number of hydrogen-bond acceptors (Lipinski definition) is 18. The van der Waals surface area contributed by atoms with Crippen LogP contribution in [0.2, 0.25) is 0 Å². The Labute approximate surface area is 616 Å². The first-order chi connectivity index (χ1) is 47.1. The number of halogens is 1. The molecule has 27 heteroatoms. The average Bonchev–Trinajstić information content (AvgIpc) is 1.53. The van der Waals surface area contributed by atoms with E-state index in [1.165, 1.54) is 4.90 Å². The Morgan fingerprint density at radius 1 is 0.558 bits per heavy atom. The molecule has 16 atom stereocenters. The van der Waals surface area contributed by atoms with Gasteiger partial charge in [-0.2, -0.15) is 0 Å². The maximum Gasteiger partial charge on any atom is 0.534 e. The number of alkyl carbamates (subject to hydrolysis) is 1. The number of Topliss-reactive ketones (excluding diaryl/α,β-unsaturated/α-hetero) is 4. The number of ether oxygens (including phenoxy) is 2.